The molecule has 0 heterocycles. The van der Waals surface area contributed by atoms with Crippen molar-refractivity contribution < 1.29 is 24.5 Å². The summed E-state index contributed by atoms with van der Waals surface area (Å²) < 4.78 is 5.02. The topological polar surface area (TPSA) is 95.9 Å². The van der Waals surface area contributed by atoms with Crippen LogP contribution in [0, 0.1) is 0 Å². The second-order valence-electron chi connectivity index (χ2n) is 4.90. The van der Waals surface area contributed by atoms with Crippen LogP contribution in [-0.2, 0) is 4.79 Å². The van der Waals surface area contributed by atoms with E-state index in [-0.39, 0.29) is 17.7 Å². The first-order chi connectivity index (χ1) is 9.87. The smallest absolute Gasteiger partial charge is 0.305 e. The lowest BCUT2D eigenvalue weighted by Gasteiger charge is -2.31. The largest absolute Gasteiger partial charge is 0.507 e. The first kappa shape index (κ1) is 16.8. The van der Waals surface area contributed by atoms with Crippen LogP contribution < -0.4 is 10.1 Å². The number of aliphatic carboxylic acids is 1. The molecule has 0 saturated heterocycles. The number of phenolic OH excluding ortho intramolecular Hbond substituents is 1. The van der Waals surface area contributed by atoms with E-state index in [1.165, 1.54) is 25.3 Å². The van der Waals surface area contributed by atoms with Gasteiger partial charge in [-0.3, -0.25) is 9.59 Å². The molecule has 6 nitrogen and oxygen atoms in total. The molecular formula is C15H21NO5. The van der Waals surface area contributed by atoms with Gasteiger partial charge in [0, 0.05) is 0 Å². The molecule has 1 amide bonds. The summed E-state index contributed by atoms with van der Waals surface area (Å²) in [6.45, 7) is 3.64. The van der Waals surface area contributed by atoms with Crippen molar-refractivity contribution >= 4 is 11.9 Å². The second kappa shape index (κ2) is 6.97. The number of carboxylic acids is 1. The van der Waals surface area contributed by atoms with Gasteiger partial charge in [0.1, 0.15) is 11.5 Å². The van der Waals surface area contributed by atoms with E-state index in [9.17, 15) is 14.7 Å². The van der Waals surface area contributed by atoms with Gasteiger partial charge in [0.2, 0.25) is 0 Å². The van der Waals surface area contributed by atoms with Crippen LogP contribution in [0.1, 0.15) is 43.5 Å². The van der Waals surface area contributed by atoms with Crippen molar-refractivity contribution in [2.45, 2.75) is 38.6 Å². The number of carbonyl (C=O) groups is 2. The Balaban J connectivity index is 3.04. The number of carboxylic acid groups (broad SMARTS) is 1. The number of nitrogens with one attached hydrogen (secondary N) is 1. The Kier molecular flexibility index (Phi) is 5.58. The molecule has 0 fully saturated rings. The van der Waals surface area contributed by atoms with Crippen LogP contribution in [-0.4, -0.2) is 34.7 Å². The van der Waals surface area contributed by atoms with E-state index in [2.05, 4.69) is 5.32 Å². The average molecular weight is 295 g/mol. The first-order valence-corrected chi connectivity index (χ1v) is 6.78. The van der Waals surface area contributed by atoms with Crippen molar-refractivity contribution in [1.82, 2.24) is 5.32 Å². The van der Waals surface area contributed by atoms with E-state index in [0.29, 0.717) is 18.6 Å². The number of carbonyl (C=O) groups excluding carboxylic acids is 1. The summed E-state index contributed by atoms with van der Waals surface area (Å²) in [5, 5.41) is 21.5. The first-order valence-electron chi connectivity index (χ1n) is 6.78. The zero-order valence-electron chi connectivity index (χ0n) is 12.5. The maximum Gasteiger partial charge on any atom is 0.305 e. The van der Waals surface area contributed by atoms with Gasteiger partial charge in [-0.1, -0.05) is 13.8 Å². The highest BCUT2D eigenvalue weighted by molar-refractivity contribution is 5.98. The average Bonchev–Trinajstić information content (AvgIpc) is 2.46. The minimum absolute atomic E-state index is 0.0611. The van der Waals surface area contributed by atoms with E-state index in [4.69, 9.17) is 9.84 Å². The van der Waals surface area contributed by atoms with Gasteiger partial charge >= 0.3 is 5.97 Å². The molecule has 1 rings (SSSR count). The zero-order chi connectivity index (χ0) is 16.0. The fourth-order valence-electron chi connectivity index (χ4n) is 2.14. The Morgan fingerprint density at radius 3 is 2.38 bits per heavy atom. The number of amides is 1. The molecule has 0 aliphatic rings. The summed E-state index contributed by atoms with van der Waals surface area (Å²) in [6.07, 6.45) is 0.787. The fourth-order valence-corrected chi connectivity index (χ4v) is 2.14. The van der Waals surface area contributed by atoms with Gasteiger partial charge in [0.25, 0.3) is 5.91 Å². The van der Waals surface area contributed by atoms with Gasteiger partial charge in [0.05, 0.1) is 24.6 Å². The summed E-state index contributed by atoms with van der Waals surface area (Å²) >= 11 is 0. The minimum atomic E-state index is -0.978. The van der Waals surface area contributed by atoms with Gasteiger partial charge in [0.15, 0.2) is 0 Å². The van der Waals surface area contributed by atoms with E-state index >= 15 is 0 Å². The molecule has 1 aromatic rings. The predicted octanol–water partition coefficient (Wildman–Crippen LogP) is 2.16. The molecule has 0 saturated carbocycles. The Hall–Kier alpha value is -2.24. The standard InChI is InChI=1S/C15H21NO5/c1-4-15(5-2,9-13(18)19)16-14(20)11-8-10(21-3)6-7-12(11)17/h6-8,17H,4-5,9H2,1-3H3,(H,16,20)(H,18,19). The third-order valence-electron chi connectivity index (χ3n) is 3.67. The number of methoxy groups -OCH3 is 1. The summed E-state index contributed by atoms with van der Waals surface area (Å²) in [7, 11) is 1.46. The van der Waals surface area contributed by atoms with Gasteiger partial charge in [-0.05, 0) is 31.0 Å². The number of benzene rings is 1. The van der Waals surface area contributed by atoms with Crippen LogP contribution in [0.4, 0.5) is 0 Å². The molecule has 0 aliphatic heterocycles. The van der Waals surface area contributed by atoms with Crippen molar-refractivity contribution in [2.24, 2.45) is 0 Å². The molecule has 116 valence electrons. The van der Waals surface area contributed by atoms with Gasteiger partial charge < -0.3 is 20.3 Å². The highest BCUT2D eigenvalue weighted by Gasteiger charge is 2.32. The SMILES string of the molecule is CCC(CC)(CC(=O)O)NC(=O)c1cc(OC)ccc1O. The molecule has 0 unspecified atom stereocenters. The molecule has 1 aromatic carbocycles. The number of phenols is 1. The molecule has 0 aliphatic carbocycles. The molecular weight excluding hydrogens is 274 g/mol. The van der Waals surface area contributed by atoms with E-state index in [1.807, 2.05) is 13.8 Å². The van der Waals surface area contributed by atoms with E-state index < -0.39 is 17.4 Å². The van der Waals surface area contributed by atoms with Crippen LogP contribution in [0.3, 0.4) is 0 Å². The summed E-state index contributed by atoms with van der Waals surface area (Å²) in [5.74, 6) is -1.23. The number of ether oxygens (including phenoxy) is 1. The number of aromatic hydroxyl groups is 1. The van der Waals surface area contributed by atoms with Crippen molar-refractivity contribution in [3.8, 4) is 11.5 Å². The lowest BCUT2D eigenvalue weighted by molar-refractivity contribution is -0.138. The molecule has 21 heavy (non-hydrogen) atoms. The van der Waals surface area contributed by atoms with Crippen LogP contribution in [0.25, 0.3) is 0 Å². The van der Waals surface area contributed by atoms with Gasteiger partial charge in [-0.25, -0.2) is 0 Å². The van der Waals surface area contributed by atoms with Crippen LogP contribution in [0.15, 0.2) is 18.2 Å². The number of hydrogen-bond acceptors (Lipinski definition) is 4. The second-order valence-corrected chi connectivity index (χ2v) is 4.90. The quantitative estimate of drug-likeness (QED) is 0.716. The molecule has 0 spiro atoms. The Labute approximate surface area is 123 Å². The zero-order valence-corrected chi connectivity index (χ0v) is 12.5. The lowest BCUT2D eigenvalue weighted by atomic mass is 9.88. The third kappa shape index (κ3) is 4.11. The van der Waals surface area contributed by atoms with Gasteiger partial charge in [-0.15, -0.1) is 0 Å². The van der Waals surface area contributed by atoms with Crippen molar-refractivity contribution in [3.63, 3.8) is 0 Å². The predicted molar refractivity (Wildman–Crippen MR) is 77.7 cm³/mol. The van der Waals surface area contributed by atoms with E-state index in [1.54, 1.807) is 0 Å². The van der Waals surface area contributed by atoms with Crippen LogP contribution in [0.5, 0.6) is 11.5 Å². The molecule has 0 bridgehead atoms. The van der Waals surface area contributed by atoms with Crippen LogP contribution in [0.2, 0.25) is 0 Å². The molecule has 0 aromatic heterocycles. The van der Waals surface area contributed by atoms with Crippen molar-refractivity contribution in [2.75, 3.05) is 7.11 Å². The van der Waals surface area contributed by atoms with E-state index in [0.717, 1.165) is 0 Å². The fraction of sp³-hybridized carbons (Fsp3) is 0.467. The molecule has 3 N–H and O–H groups in total. The normalized spacial score (nSPS) is 11.0. The third-order valence-corrected chi connectivity index (χ3v) is 3.67. The highest BCUT2D eigenvalue weighted by Crippen LogP contribution is 2.25. The summed E-state index contributed by atoms with van der Waals surface area (Å²) in [5.41, 5.74) is -0.774. The Morgan fingerprint density at radius 2 is 1.90 bits per heavy atom. The Morgan fingerprint density at radius 1 is 1.29 bits per heavy atom. The number of rotatable bonds is 7. The number of hydrogen-bond donors (Lipinski definition) is 3. The minimum Gasteiger partial charge on any atom is -0.507 e. The van der Waals surface area contributed by atoms with Crippen molar-refractivity contribution in [1.29, 1.82) is 0 Å². The highest BCUT2D eigenvalue weighted by atomic mass is 16.5. The maximum absolute atomic E-state index is 12.3. The molecule has 0 radical (unpaired) electrons. The van der Waals surface area contributed by atoms with Crippen molar-refractivity contribution in [3.05, 3.63) is 23.8 Å². The Bertz CT molecular complexity index is 523. The molecule has 0 atom stereocenters. The van der Waals surface area contributed by atoms with Gasteiger partial charge in [-0.2, -0.15) is 0 Å². The monoisotopic (exact) mass is 295 g/mol. The lowest BCUT2D eigenvalue weighted by Crippen LogP contribution is -2.49. The summed E-state index contributed by atoms with van der Waals surface area (Å²) in [4.78, 5) is 23.3. The summed E-state index contributed by atoms with van der Waals surface area (Å²) in [6, 6.07) is 4.32. The maximum atomic E-state index is 12.3. The molecule has 6 heteroatoms. The van der Waals surface area contributed by atoms with Crippen LogP contribution >= 0.6 is 0 Å².